The van der Waals surface area contributed by atoms with Crippen LogP contribution in [0.2, 0.25) is 0 Å². The van der Waals surface area contributed by atoms with E-state index >= 15 is 0 Å². The summed E-state index contributed by atoms with van der Waals surface area (Å²) in [6.07, 6.45) is 2.01. The van der Waals surface area contributed by atoms with Gasteiger partial charge < -0.3 is 34.1 Å². The molecular weight excluding hydrogens is 402 g/mol. The summed E-state index contributed by atoms with van der Waals surface area (Å²) in [7, 11) is 1.59. The van der Waals surface area contributed by atoms with Crippen molar-refractivity contribution in [2.45, 2.75) is 25.6 Å². The Bertz CT molecular complexity index is 653. The molecule has 1 aliphatic heterocycles. The average Bonchev–Trinajstić information content (AvgIpc) is 2.79. The highest BCUT2D eigenvalue weighted by Crippen LogP contribution is 2.38. The van der Waals surface area contributed by atoms with Crippen molar-refractivity contribution in [1.29, 1.82) is 0 Å². The van der Waals surface area contributed by atoms with Crippen molar-refractivity contribution in [1.82, 2.24) is 5.32 Å². The van der Waals surface area contributed by atoms with Crippen molar-refractivity contribution in [2.24, 2.45) is 5.92 Å². The van der Waals surface area contributed by atoms with Crippen molar-refractivity contribution in [3.05, 3.63) is 47.7 Å². The molecule has 1 amide bonds. The smallest absolute Gasteiger partial charge is 0.286 e. The summed E-state index contributed by atoms with van der Waals surface area (Å²) in [5.41, 5.74) is 1.09. The molecule has 1 heterocycles. The molecule has 31 heavy (non-hydrogen) atoms. The minimum Gasteiger partial charge on any atom is -0.459 e. The molecule has 174 valence electrons. The molecule has 0 radical (unpaired) electrons. The van der Waals surface area contributed by atoms with Gasteiger partial charge >= 0.3 is 0 Å². The Morgan fingerprint density at radius 2 is 1.84 bits per heavy atom. The molecule has 0 unspecified atom stereocenters. The van der Waals surface area contributed by atoms with Crippen molar-refractivity contribution >= 4 is 5.91 Å². The number of allylic oxidation sites excluding steroid dienone is 1. The first kappa shape index (κ1) is 25.3. The summed E-state index contributed by atoms with van der Waals surface area (Å²) in [6.45, 7) is 4.91. The maximum Gasteiger partial charge on any atom is 0.286 e. The van der Waals surface area contributed by atoms with Gasteiger partial charge in [-0.05, 0) is 25.0 Å². The number of aliphatic hydroxyl groups excluding tert-OH is 1. The molecule has 8 nitrogen and oxygen atoms in total. The van der Waals surface area contributed by atoms with Crippen LogP contribution in [0.3, 0.4) is 0 Å². The predicted molar refractivity (Wildman–Crippen MR) is 115 cm³/mol. The van der Waals surface area contributed by atoms with Crippen LogP contribution in [0.5, 0.6) is 0 Å². The highest BCUT2D eigenvalue weighted by atomic mass is 16.7. The van der Waals surface area contributed by atoms with Crippen LogP contribution in [0.25, 0.3) is 0 Å². The largest absolute Gasteiger partial charge is 0.459 e. The molecule has 0 bridgehead atoms. The Balaban J connectivity index is 2.10. The van der Waals surface area contributed by atoms with Crippen molar-refractivity contribution in [3.8, 4) is 0 Å². The second kappa shape index (κ2) is 14.9. The third-order valence-electron chi connectivity index (χ3n) is 4.92. The number of carbonyl (C=O) groups is 1. The fourth-order valence-corrected chi connectivity index (χ4v) is 3.45. The van der Waals surface area contributed by atoms with Crippen LogP contribution in [0.1, 0.15) is 24.8 Å². The number of hydrogen-bond acceptors (Lipinski definition) is 7. The van der Waals surface area contributed by atoms with Crippen molar-refractivity contribution < 1.29 is 33.6 Å². The van der Waals surface area contributed by atoms with E-state index in [1.807, 2.05) is 43.3 Å². The Kier molecular flexibility index (Phi) is 12.2. The van der Waals surface area contributed by atoms with Crippen LogP contribution in [0, 0.1) is 5.92 Å². The van der Waals surface area contributed by atoms with Gasteiger partial charge in [-0.25, -0.2) is 0 Å². The molecule has 3 atom stereocenters. The Morgan fingerprint density at radius 3 is 2.52 bits per heavy atom. The van der Waals surface area contributed by atoms with Gasteiger partial charge in [-0.3, -0.25) is 4.79 Å². The van der Waals surface area contributed by atoms with Crippen molar-refractivity contribution in [2.75, 3.05) is 59.9 Å². The molecule has 0 aliphatic carbocycles. The van der Waals surface area contributed by atoms with Crippen LogP contribution in [0.15, 0.2) is 42.2 Å². The van der Waals surface area contributed by atoms with Crippen LogP contribution in [0.4, 0.5) is 0 Å². The molecule has 8 heteroatoms. The molecule has 1 aliphatic rings. The molecule has 0 fully saturated rings. The molecule has 0 saturated carbocycles. The lowest BCUT2D eigenvalue weighted by Gasteiger charge is -2.37. The lowest BCUT2D eigenvalue weighted by atomic mass is 9.81. The van der Waals surface area contributed by atoms with Gasteiger partial charge in [0, 0.05) is 38.7 Å². The van der Waals surface area contributed by atoms with Gasteiger partial charge in [0.2, 0.25) is 6.29 Å². The van der Waals surface area contributed by atoms with E-state index in [4.69, 9.17) is 28.8 Å². The first-order valence-electron chi connectivity index (χ1n) is 10.8. The number of amides is 1. The quantitative estimate of drug-likeness (QED) is 0.404. The summed E-state index contributed by atoms with van der Waals surface area (Å²) in [5.74, 6) is -0.0865. The van der Waals surface area contributed by atoms with Crippen LogP contribution < -0.4 is 5.32 Å². The van der Waals surface area contributed by atoms with Gasteiger partial charge in [-0.1, -0.05) is 30.3 Å². The van der Waals surface area contributed by atoms with E-state index < -0.39 is 6.29 Å². The van der Waals surface area contributed by atoms with E-state index in [1.54, 1.807) is 7.11 Å². The topological polar surface area (TPSA) is 95.5 Å². The first-order chi connectivity index (χ1) is 15.2. The summed E-state index contributed by atoms with van der Waals surface area (Å²) in [5, 5.41) is 11.6. The second-order valence-corrected chi connectivity index (χ2v) is 7.06. The number of ether oxygens (including phenoxy) is 5. The molecule has 2 N–H and O–H groups in total. The van der Waals surface area contributed by atoms with Gasteiger partial charge in [0.05, 0.1) is 33.0 Å². The van der Waals surface area contributed by atoms with Crippen LogP contribution in [-0.2, 0) is 28.5 Å². The molecule has 0 aromatic heterocycles. The molecule has 0 saturated heterocycles. The zero-order valence-corrected chi connectivity index (χ0v) is 18.5. The normalized spacial score (nSPS) is 20.7. The van der Waals surface area contributed by atoms with Gasteiger partial charge in [-0.2, -0.15) is 0 Å². The monoisotopic (exact) mass is 437 g/mol. The fourth-order valence-electron chi connectivity index (χ4n) is 3.45. The van der Waals surface area contributed by atoms with Gasteiger partial charge in [-0.15, -0.1) is 0 Å². The van der Waals surface area contributed by atoms with E-state index in [2.05, 4.69) is 5.32 Å². The lowest BCUT2D eigenvalue weighted by Crippen LogP contribution is -2.40. The fraction of sp³-hybridized carbons (Fsp3) is 0.609. The highest BCUT2D eigenvalue weighted by molar-refractivity contribution is 5.91. The highest BCUT2D eigenvalue weighted by Gasteiger charge is 2.37. The Labute approximate surface area is 184 Å². The number of methoxy groups -OCH3 is 1. The van der Waals surface area contributed by atoms with E-state index in [0.717, 1.165) is 5.56 Å². The zero-order valence-electron chi connectivity index (χ0n) is 18.5. The Morgan fingerprint density at radius 1 is 1.10 bits per heavy atom. The number of nitrogens with one attached hydrogen (secondary N) is 1. The number of benzene rings is 1. The maximum atomic E-state index is 12.6. The van der Waals surface area contributed by atoms with E-state index in [9.17, 15) is 4.79 Å². The lowest BCUT2D eigenvalue weighted by molar-refractivity contribution is -0.168. The van der Waals surface area contributed by atoms with Gasteiger partial charge in [0.25, 0.3) is 5.91 Å². The SMILES string of the molecule is CCO[C@@H]1OC(C(=O)NCCOC)=C[C@H](c2ccccc2)[C@@H]1CCOCCOCCO. The van der Waals surface area contributed by atoms with E-state index in [-0.39, 0.29) is 30.1 Å². The standard InChI is InChI=1S/C23H35NO7/c1-3-30-23-19(9-12-28-15-16-29-14-11-25)20(18-7-5-4-6-8-18)17-21(31-23)22(26)24-10-13-27-2/h4-8,17,19-20,23,25H,3,9-16H2,1-2H3,(H,24,26)/t19-,20+,23+/m0/s1. The third kappa shape index (κ3) is 8.59. The minimum absolute atomic E-state index is 0.00190. The number of hydrogen-bond donors (Lipinski definition) is 2. The van der Waals surface area contributed by atoms with Gasteiger partial charge in [0.1, 0.15) is 0 Å². The summed E-state index contributed by atoms with van der Waals surface area (Å²) in [4.78, 5) is 12.6. The summed E-state index contributed by atoms with van der Waals surface area (Å²) >= 11 is 0. The minimum atomic E-state index is -0.558. The molecular formula is C23H35NO7. The second-order valence-electron chi connectivity index (χ2n) is 7.06. The van der Waals surface area contributed by atoms with E-state index in [0.29, 0.717) is 52.6 Å². The first-order valence-corrected chi connectivity index (χ1v) is 10.8. The predicted octanol–water partition coefficient (Wildman–Crippen LogP) is 1.84. The summed E-state index contributed by atoms with van der Waals surface area (Å²) in [6, 6.07) is 10.0. The molecule has 1 aromatic rings. The van der Waals surface area contributed by atoms with E-state index in [1.165, 1.54) is 0 Å². The average molecular weight is 438 g/mol. The third-order valence-corrected chi connectivity index (χ3v) is 4.92. The number of carbonyl (C=O) groups excluding carboxylic acids is 1. The summed E-state index contributed by atoms with van der Waals surface area (Å²) < 4.78 is 27.8. The zero-order chi connectivity index (χ0) is 22.3. The molecule has 2 rings (SSSR count). The number of aliphatic hydroxyl groups is 1. The van der Waals surface area contributed by atoms with Crippen LogP contribution in [-0.4, -0.2) is 77.2 Å². The molecule has 0 spiro atoms. The number of rotatable bonds is 15. The Hall–Kier alpha value is -1.97. The molecule has 1 aromatic carbocycles. The van der Waals surface area contributed by atoms with Crippen LogP contribution >= 0.6 is 0 Å². The maximum absolute atomic E-state index is 12.6. The van der Waals surface area contributed by atoms with Gasteiger partial charge in [0.15, 0.2) is 5.76 Å². The van der Waals surface area contributed by atoms with Crippen molar-refractivity contribution in [3.63, 3.8) is 0 Å².